The van der Waals surface area contributed by atoms with Crippen LogP contribution in [0, 0.1) is 12.8 Å². The van der Waals surface area contributed by atoms with Gasteiger partial charge in [-0.05, 0) is 37.0 Å². The Morgan fingerprint density at radius 3 is 2.72 bits per heavy atom. The number of aryl methyl sites for hydroxylation is 1. The number of hydrogen-bond acceptors (Lipinski definition) is 5. The van der Waals surface area contributed by atoms with Crippen LogP contribution >= 0.6 is 11.3 Å². The van der Waals surface area contributed by atoms with Crippen LogP contribution in [0.2, 0.25) is 0 Å². The first-order valence-electron chi connectivity index (χ1n) is 11.1. The largest absolute Gasteiger partial charge is 0.496 e. The highest BCUT2D eigenvalue weighted by Crippen LogP contribution is 2.33. The van der Waals surface area contributed by atoms with Gasteiger partial charge < -0.3 is 14.6 Å². The Kier molecular flexibility index (Phi) is 7.05. The summed E-state index contributed by atoms with van der Waals surface area (Å²) in [6, 6.07) is 10.6. The fourth-order valence-electron chi connectivity index (χ4n) is 4.69. The normalized spacial score (nSPS) is 15.3. The molecule has 2 heterocycles. The molecule has 0 bridgehead atoms. The quantitative estimate of drug-likeness (QED) is 0.519. The number of nitrogens with one attached hydrogen (secondary N) is 1. The van der Waals surface area contributed by atoms with E-state index >= 15 is 0 Å². The van der Waals surface area contributed by atoms with Crippen molar-refractivity contribution in [3.05, 3.63) is 64.0 Å². The van der Waals surface area contributed by atoms with Crippen molar-refractivity contribution in [2.45, 2.75) is 51.5 Å². The Morgan fingerprint density at radius 1 is 1.25 bits per heavy atom. The Bertz CT molecular complexity index is 1120. The molecule has 32 heavy (non-hydrogen) atoms. The molecular formula is C25H29N3O3S. The fraction of sp³-hybridized carbons (Fsp3) is 0.400. The monoisotopic (exact) mass is 451 g/mol. The van der Waals surface area contributed by atoms with Gasteiger partial charge in [-0.15, -0.1) is 11.3 Å². The number of thiazole rings is 1. The highest BCUT2D eigenvalue weighted by molar-refractivity contribution is 7.13. The zero-order valence-electron chi connectivity index (χ0n) is 18.5. The van der Waals surface area contributed by atoms with E-state index in [1.54, 1.807) is 23.9 Å². The van der Waals surface area contributed by atoms with Crippen LogP contribution in [0.1, 0.15) is 50.3 Å². The second-order valence-electron chi connectivity index (χ2n) is 8.38. The average molecular weight is 452 g/mol. The minimum atomic E-state index is -0.568. The highest BCUT2D eigenvalue weighted by atomic mass is 32.1. The minimum absolute atomic E-state index is 0.180. The van der Waals surface area contributed by atoms with Crippen molar-refractivity contribution in [1.29, 1.82) is 0 Å². The van der Waals surface area contributed by atoms with E-state index in [0.717, 1.165) is 29.7 Å². The Balaban J connectivity index is 1.70. The molecule has 6 nitrogen and oxygen atoms in total. The number of ether oxygens (including phenoxy) is 1. The third-order valence-electron chi connectivity index (χ3n) is 6.24. The van der Waals surface area contributed by atoms with E-state index in [-0.39, 0.29) is 11.5 Å². The van der Waals surface area contributed by atoms with Crippen LogP contribution < -0.4 is 15.6 Å². The number of nitrogens with zero attached hydrogens (tertiary/aromatic N) is 2. The summed E-state index contributed by atoms with van der Waals surface area (Å²) in [5, 5.41) is 5.30. The summed E-state index contributed by atoms with van der Waals surface area (Å²) in [4.78, 5) is 30.9. The number of pyridine rings is 1. The molecule has 1 aliphatic rings. The number of amides is 1. The maximum Gasteiger partial charge on any atom is 0.252 e. The summed E-state index contributed by atoms with van der Waals surface area (Å²) in [5.41, 5.74) is 2.23. The molecule has 0 radical (unpaired) electrons. The molecule has 7 heteroatoms. The van der Waals surface area contributed by atoms with Crippen LogP contribution in [-0.2, 0) is 4.79 Å². The maximum atomic E-state index is 13.4. The summed E-state index contributed by atoms with van der Waals surface area (Å²) in [6.45, 7) is 1.89. The molecule has 4 rings (SSSR count). The molecule has 0 saturated heterocycles. The average Bonchev–Trinajstić information content (AvgIpc) is 3.31. The maximum absolute atomic E-state index is 13.4. The number of hydrogen-bond donors (Lipinski definition) is 1. The lowest BCUT2D eigenvalue weighted by Crippen LogP contribution is -2.36. The van der Waals surface area contributed by atoms with E-state index in [0.29, 0.717) is 23.2 Å². The number of aromatic nitrogens is 2. The molecule has 168 valence electrons. The zero-order valence-corrected chi connectivity index (χ0v) is 19.4. The van der Waals surface area contributed by atoms with E-state index < -0.39 is 6.04 Å². The smallest absolute Gasteiger partial charge is 0.252 e. The molecular weight excluding hydrogens is 422 g/mol. The van der Waals surface area contributed by atoms with Crippen molar-refractivity contribution in [3.63, 3.8) is 0 Å². The standard InChI is InChI=1S/C25H29N3O3S/c1-17-14-19(20-10-6-7-11-22(20)31-2)16-23(29)28(17)21(15-18-8-4-3-5-9-18)24(30)27-25-26-12-13-32-25/h6-7,10-14,16,18,21H,3-5,8-9,15H2,1-2H3,(H,26,27,30). The summed E-state index contributed by atoms with van der Waals surface area (Å²) in [7, 11) is 1.62. The number of methoxy groups -OCH3 is 1. The first-order valence-corrected chi connectivity index (χ1v) is 12.0. The Hall–Kier alpha value is -2.93. The van der Waals surface area contributed by atoms with E-state index in [9.17, 15) is 9.59 Å². The summed E-state index contributed by atoms with van der Waals surface area (Å²) in [5.74, 6) is 0.973. The van der Waals surface area contributed by atoms with E-state index in [4.69, 9.17) is 4.74 Å². The van der Waals surface area contributed by atoms with Gasteiger partial charge in [0.1, 0.15) is 11.8 Å². The van der Waals surface area contributed by atoms with Crippen LogP contribution in [-0.4, -0.2) is 22.6 Å². The SMILES string of the molecule is COc1ccccc1-c1cc(C)n(C(CC2CCCCC2)C(=O)Nc2nccs2)c(=O)c1. The number of carbonyl (C=O) groups excluding carboxylic acids is 1. The Labute approximate surface area is 192 Å². The van der Waals surface area contributed by atoms with Crippen molar-refractivity contribution in [2.24, 2.45) is 5.92 Å². The van der Waals surface area contributed by atoms with Crippen LogP contribution in [0.4, 0.5) is 5.13 Å². The number of rotatable bonds is 7. The first kappa shape index (κ1) is 22.3. The zero-order chi connectivity index (χ0) is 22.5. The van der Waals surface area contributed by atoms with Gasteiger partial charge in [-0.1, -0.05) is 50.3 Å². The summed E-state index contributed by atoms with van der Waals surface area (Å²) >= 11 is 1.38. The van der Waals surface area contributed by atoms with E-state index in [1.807, 2.05) is 42.6 Å². The van der Waals surface area contributed by atoms with Crippen molar-refractivity contribution >= 4 is 22.4 Å². The molecule has 1 fully saturated rings. The minimum Gasteiger partial charge on any atom is -0.496 e. The van der Waals surface area contributed by atoms with Crippen LogP contribution in [0.3, 0.4) is 0 Å². The van der Waals surface area contributed by atoms with Gasteiger partial charge in [0, 0.05) is 28.9 Å². The predicted molar refractivity (Wildman–Crippen MR) is 128 cm³/mol. The third-order valence-corrected chi connectivity index (χ3v) is 6.93. The number of anilines is 1. The molecule has 1 amide bonds. The van der Waals surface area contributed by atoms with Gasteiger partial charge >= 0.3 is 0 Å². The van der Waals surface area contributed by atoms with Gasteiger partial charge in [-0.2, -0.15) is 0 Å². The first-order chi connectivity index (χ1) is 15.6. The lowest BCUT2D eigenvalue weighted by Gasteiger charge is -2.28. The lowest BCUT2D eigenvalue weighted by atomic mass is 9.84. The second kappa shape index (κ2) is 10.1. The fourth-order valence-corrected chi connectivity index (χ4v) is 5.22. The van der Waals surface area contributed by atoms with Gasteiger partial charge in [-0.25, -0.2) is 4.98 Å². The predicted octanol–water partition coefficient (Wildman–Crippen LogP) is 5.44. The van der Waals surface area contributed by atoms with Crippen molar-refractivity contribution < 1.29 is 9.53 Å². The molecule has 0 aliphatic heterocycles. The molecule has 1 N–H and O–H groups in total. The van der Waals surface area contributed by atoms with Crippen molar-refractivity contribution in [2.75, 3.05) is 12.4 Å². The van der Waals surface area contributed by atoms with Gasteiger partial charge in [-0.3, -0.25) is 9.59 Å². The Morgan fingerprint density at radius 2 is 2.03 bits per heavy atom. The molecule has 1 atom stereocenters. The molecule has 1 unspecified atom stereocenters. The summed E-state index contributed by atoms with van der Waals surface area (Å²) < 4.78 is 7.13. The molecule has 1 aromatic carbocycles. The molecule has 2 aromatic heterocycles. The van der Waals surface area contributed by atoms with Gasteiger partial charge in [0.25, 0.3) is 5.56 Å². The molecule has 3 aromatic rings. The summed E-state index contributed by atoms with van der Waals surface area (Å²) in [6.07, 6.45) is 8.15. The second-order valence-corrected chi connectivity index (χ2v) is 9.27. The van der Waals surface area contributed by atoms with Crippen LogP contribution in [0.25, 0.3) is 11.1 Å². The highest BCUT2D eigenvalue weighted by Gasteiger charge is 2.28. The lowest BCUT2D eigenvalue weighted by molar-refractivity contribution is -0.120. The molecule has 0 spiro atoms. The van der Waals surface area contributed by atoms with E-state index in [1.165, 1.54) is 30.6 Å². The third kappa shape index (κ3) is 4.93. The van der Waals surface area contributed by atoms with E-state index in [2.05, 4.69) is 10.3 Å². The molecule has 1 aliphatic carbocycles. The topological polar surface area (TPSA) is 73.2 Å². The van der Waals surface area contributed by atoms with Crippen molar-refractivity contribution in [3.8, 4) is 16.9 Å². The molecule has 1 saturated carbocycles. The van der Waals surface area contributed by atoms with Crippen LogP contribution in [0.5, 0.6) is 5.75 Å². The number of carbonyl (C=O) groups is 1. The van der Waals surface area contributed by atoms with Crippen LogP contribution in [0.15, 0.2) is 52.8 Å². The number of benzene rings is 1. The van der Waals surface area contributed by atoms with Gasteiger partial charge in [0.05, 0.1) is 7.11 Å². The van der Waals surface area contributed by atoms with Gasteiger partial charge in [0.2, 0.25) is 5.91 Å². The van der Waals surface area contributed by atoms with Gasteiger partial charge in [0.15, 0.2) is 5.13 Å². The number of para-hydroxylation sites is 1. The van der Waals surface area contributed by atoms with Crippen molar-refractivity contribution in [1.82, 2.24) is 9.55 Å².